The number of hydrogen-bond acceptors (Lipinski definition) is 4. The highest BCUT2D eigenvalue weighted by Crippen LogP contribution is 2.50. The zero-order valence-electron chi connectivity index (χ0n) is 16.2. The van der Waals surface area contributed by atoms with Gasteiger partial charge in [-0.25, -0.2) is 9.07 Å². The molecule has 3 heterocycles. The molecule has 2 unspecified atom stereocenters. The van der Waals surface area contributed by atoms with Crippen molar-refractivity contribution in [1.29, 1.82) is 0 Å². The molecule has 2 aliphatic heterocycles. The van der Waals surface area contributed by atoms with E-state index in [1.807, 2.05) is 54.6 Å². The molecule has 4 aromatic rings. The topological polar surface area (TPSA) is 52.0 Å². The molecule has 0 radical (unpaired) electrons. The van der Waals surface area contributed by atoms with Crippen LogP contribution in [0.25, 0.3) is 5.70 Å². The summed E-state index contributed by atoms with van der Waals surface area (Å²) in [5.74, 6) is 0.977. The minimum Gasteiger partial charge on any atom is -0.480 e. The summed E-state index contributed by atoms with van der Waals surface area (Å²) in [6.07, 6.45) is 0.866. The highest BCUT2D eigenvalue weighted by Gasteiger charge is 2.41. The molecule has 0 fully saturated rings. The Morgan fingerprint density at radius 1 is 0.968 bits per heavy atom. The summed E-state index contributed by atoms with van der Waals surface area (Å²) in [6.45, 7) is 0. The minimum atomic E-state index is -0.642. The van der Waals surface area contributed by atoms with Crippen molar-refractivity contribution in [2.45, 2.75) is 12.1 Å². The summed E-state index contributed by atoms with van der Waals surface area (Å²) >= 11 is 6.15. The second-order valence-electron chi connectivity index (χ2n) is 7.45. The van der Waals surface area contributed by atoms with Crippen LogP contribution < -0.4 is 10.1 Å². The first-order valence-corrected chi connectivity index (χ1v) is 10.2. The van der Waals surface area contributed by atoms with Gasteiger partial charge in [-0.1, -0.05) is 54.1 Å². The van der Waals surface area contributed by atoms with Crippen LogP contribution in [0.3, 0.4) is 0 Å². The third-order valence-corrected chi connectivity index (χ3v) is 5.95. The average Bonchev–Trinajstić information content (AvgIpc) is 3.27. The predicted molar refractivity (Wildman–Crippen MR) is 116 cm³/mol. The van der Waals surface area contributed by atoms with Gasteiger partial charge < -0.3 is 10.1 Å². The fourth-order valence-electron chi connectivity index (χ4n) is 4.33. The quantitative estimate of drug-likeness (QED) is 0.447. The largest absolute Gasteiger partial charge is 0.480 e. The molecule has 3 aromatic carbocycles. The first-order chi connectivity index (χ1) is 15.2. The van der Waals surface area contributed by atoms with Crippen molar-refractivity contribution in [3.8, 4) is 5.75 Å². The monoisotopic (exact) mass is 430 g/mol. The van der Waals surface area contributed by atoms with Gasteiger partial charge >= 0.3 is 0 Å². The van der Waals surface area contributed by atoms with Crippen LogP contribution in [-0.2, 0) is 0 Å². The van der Waals surface area contributed by atoms with E-state index in [1.165, 1.54) is 12.4 Å². The fraction of sp³-hybridized carbons (Fsp3) is 0.0833. The molecule has 152 valence electrons. The van der Waals surface area contributed by atoms with Gasteiger partial charge in [-0.15, -0.1) is 0 Å². The zero-order chi connectivity index (χ0) is 20.9. The summed E-state index contributed by atoms with van der Waals surface area (Å²) in [5.41, 5.74) is 4.04. The van der Waals surface area contributed by atoms with Gasteiger partial charge in [0.05, 0.1) is 5.70 Å². The van der Waals surface area contributed by atoms with Gasteiger partial charge in [-0.3, -0.25) is 0 Å². The summed E-state index contributed by atoms with van der Waals surface area (Å²) in [4.78, 5) is 4.39. The second-order valence-corrected chi connectivity index (χ2v) is 7.89. The standard InChI is InChI=1S/C24H16ClFN4O/c25-15-11-9-14(10-12-15)22-20-21(29-24-27-13-28-30(22)24)17-6-2-4-8-19(17)31-23(20)16-5-1-3-7-18(16)26/h1-13,22-23H,(H,27,28,29). The number of aromatic nitrogens is 3. The Bertz CT molecular complexity index is 1330. The molecule has 5 nitrogen and oxygen atoms in total. The lowest BCUT2D eigenvalue weighted by atomic mass is 9.84. The van der Waals surface area contributed by atoms with Crippen molar-refractivity contribution in [3.63, 3.8) is 0 Å². The zero-order valence-corrected chi connectivity index (χ0v) is 16.9. The van der Waals surface area contributed by atoms with Gasteiger partial charge in [0, 0.05) is 21.7 Å². The van der Waals surface area contributed by atoms with Crippen LogP contribution in [-0.4, -0.2) is 14.8 Å². The van der Waals surface area contributed by atoms with Crippen molar-refractivity contribution in [3.05, 3.63) is 112 Å². The van der Waals surface area contributed by atoms with E-state index in [-0.39, 0.29) is 11.9 Å². The molecule has 0 bridgehead atoms. The Hall–Kier alpha value is -3.64. The molecule has 0 saturated heterocycles. The van der Waals surface area contributed by atoms with E-state index in [0.717, 1.165) is 22.4 Å². The van der Waals surface area contributed by atoms with Gasteiger partial charge in [0.25, 0.3) is 0 Å². The Kier molecular flexibility index (Phi) is 4.07. The first-order valence-electron chi connectivity index (χ1n) is 9.87. The number of anilines is 1. The van der Waals surface area contributed by atoms with E-state index in [0.29, 0.717) is 22.3 Å². The molecule has 1 aromatic heterocycles. The van der Waals surface area contributed by atoms with Crippen molar-refractivity contribution in [2.75, 3.05) is 5.32 Å². The Morgan fingerprint density at radius 3 is 2.58 bits per heavy atom. The Labute approximate surface area is 182 Å². The van der Waals surface area contributed by atoms with Crippen molar-refractivity contribution in [2.24, 2.45) is 0 Å². The molecular weight excluding hydrogens is 415 g/mol. The molecule has 2 aliphatic rings. The van der Waals surface area contributed by atoms with E-state index in [2.05, 4.69) is 15.4 Å². The molecule has 6 rings (SSSR count). The maximum Gasteiger partial charge on any atom is 0.226 e. The molecule has 31 heavy (non-hydrogen) atoms. The molecule has 0 amide bonds. The summed E-state index contributed by atoms with van der Waals surface area (Å²) in [7, 11) is 0. The fourth-order valence-corrected chi connectivity index (χ4v) is 4.46. The number of ether oxygens (including phenoxy) is 1. The predicted octanol–water partition coefficient (Wildman–Crippen LogP) is 5.63. The Morgan fingerprint density at radius 2 is 1.74 bits per heavy atom. The van der Waals surface area contributed by atoms with E-state index >= 15 is 0 Å². The number of hydrogen-bond donors (Lipinski definition) is 1. The highest BCUT2D eigenvalue weighted by atomic mass is 35.5. The number of nitrogens with zero attached hydrogens (tertiary/aromatic N) is 3. The molecule has 0 aliphatic carbocycles. The van der Waals surface area contributed by atoms with Crippen LogP contribution in [0.2, 0.25) is 5.02 Å². The number of rotatable bonds is 2. The normalized spacial score (nSPS) is 19.0. The summed E-state index contributed by atoms with van der Waals surface area (Å²) in [5, 5.41) is 8.51. The molecule has 0 saturated carbocycles. The number of nitrogens with one attached hydrogen (secondary N) is 1. The van der Waals surface area contributed by atoms with Gasteiger partial charge in [0.2, 0.25) is 5.95 Å². The van der Waals surface area contributed by atoms with Crippen LogP contribution in [0.5, 0.6) is 5.75 Å². The maximum atomic E-state index is 15.0. The van der Waals surface area contributed by atoms with Gasteiger partial charge in [-0.2, -0.15) is 10.1 Å². The van der Waals surface area contributed by atoms with Crippen LogP contribution in [0.15, 0.2) is 84.7 Å². The number of para-hydroxylation sites is 1. The third kappa shape index (κ3) is 2.83. The smallest absolute Gasteiger partial charge is 0.226 e. The lowest BCUT2D eigenvalue weighted by Gasteiger charge is -2.39. The van der Waals surface area contributed by atoms with E-state index in [1.54, 1.807) is 16.8 Å². The second kappa shape index (κ2) is 6.96. The molecule has 2 atom stereocenters. The third-order valence-electron chi connectivity index (χ3n) is 5.69. The first kappa shape index (κ1) is 18.2. The Balaban J connectivity index is 1.65. The van der Waals surface area contributed by atoms with Gasteiger partial charge in [0.15, 0.2) is 6.10 Å². The lowest BCUT2D eigenvalue weighted by Crippen LogP contribution is -2.32. The van der Waals surface area contributed by atoms with Crippen LogP contribution in [0.1, 0.15) is 28.8 Å². The maximum absolute atomic E-state index is 15.0. The van der Waals surface area contributed by atoms with E-state index in [9.17, 15) is 4.39 Å². The molecular formula is C24H16ClFN4O. The number of halogens is 2. The number of benzene rings is 3. The van der Waals surface area contributed by atoms with Gasteiger partial charge in [-0.05, 0) is 35.9 Å². The van der Waals surface area contributed by atoms with Crippen molar-refractivity contribution < 1.29 is 9.13 Å². The average molecular weight is 431 g/mol. The van der Waals surface area contributed by atoms with Crippen molar-refractivity contribution in [1.82, 2.24) is 14.8 Å². The van der Waals surface area contributed by atoms with Crippen LogP contribution in [0, 0.1) is 5.82 Å². The minimum absolute atomic E-state index is 0.321. The highest BCUT2D eigenvalue weighted by molar-refractivity contribution is 6.30. The van der Waals surface area contributed by atoms with Crippen LogP contribution in [0.4, 0.5) is 10.3 Å². The molecule has 1 N–H and O–H groups in total. The SMILES string of the molecule is Fc1ccccc1C1Oc2ccccc2C2=C1C(c1ccc(Cl)cc1)n1ncnc1N2. The molecule has 0 spiro atoms. The van der Waals surface area contributed by atoms with E-state index in [4.69, 9.17) is 16.3 Å². The van der Waals surface area contributed by atoms with Gasteiger partial charge in [0.1, 0.15) is 23.9 Å². The van der Waals surface area contributed by atoms with E-state index < -0.39 is 6.10 Å². The van der Waals surface area contributed by atoms with Crippen molar-refractivity contribution >= 4 is 23.2 Å². The summed E-state index contributed by atoms with van der Waals surface area (Å²) < 4.78 is 23.2. The van der Waals surface area contributed by atoms with Crippen LogP contribution >= 0.6 is 11.6 Å². The lowest BCUT2D eigenvalue weighted by molar-refractivity contribution is 0.218. The number of fused-ring (bicyclic) bond motifs is 3. The molecule has 7 heteroatoms. The summed E-state index contributed by atoms with van der Waals surface area (Å²) in [6, 6.07) is 21.7.